The third-order valence-corrected chi connectivity index (χ3v) is 6.76. The van der Waals surface area contributed by atoms with Crippen molar-refractivity contribution in [1.29, 1.82) is 0 Å². The molecule has 1 N–H and O–H groups in total. The minimum absolute atomic E-state index is 0.312. The molecule has 3 aromatic heterocycles. The predicted molar refractivity (Wildman–Crippen MR) is 126 cm³/mol. The molecule has 0 bridgehead atoms. The van der Waals surface area contributed by atoms with Crippen LogP contribution in [0.5, 0.6) is 0 Å². The van der Waals surface area contributed by atoms with Crippen LogP contribution in [-0.4, -0.2) is 24.7 Å². The monoisotopic (exact) mass is 413 g/mol. The van der Waals surface area contributed by atoms with Gasteiger partial charge < -0.3 is 4.98 Å². The molecule has 1 aromatic carbocycles. The molecule has 1 unspecified atom stereocenters. The largest absolute Gasteiger partial charge is 0.336 e. The number of hydrogen-bond acceptors (Lipinski definition) is 3. The van der Waals surface area contributed by atoms with E-state index in [-0.39, 0.29) is 0 Å². The van der Waals surface area contributed by atoms with E-state index in [4.69, 9.17) is 10.1 Å². The van der Waals surface area contributed by atoms with Gasteiger partial charge >= 0.3 is 0 Å². The lowest BCUT2D eigenvalue weighted by Gasteiger charge is -2.14. The molecule has 4 aromatic rings. The van der Waals surface area contributed by atoms with Gasteiger partial charge in [0.1, 0.15) is 5.82 Å². The van der Waals surface area contributed by atoms with Crippen molar-refractivity contribution in [3.8, 4) is 22.5 Å². The van der Waals surface area contributed by atoms with E-state index in [1.165, 1.54) is 42.4 Å². The zero-order chi connectivity index (χ0) is 21.7. The summed E-state index contributed by atoms with van der Waals surface area (Å²) in [5, 5.41) is 4.74. The van der Waals surface area contributed by atoms with Gasteiger partial charge in [-0.05, 0) is 75.6 Å². The van der Waals surface area contributed by atoms with E-state index >= 15 is 0 Å². The standard InChI is InChI=1S/C26H31N5/c1-15(2)31-18(5)23(17(4)30-31)25-28-24-22(12-13-27-26(24)29-25)20-10-11-21-16(3)8-6-7-9-19(21)14-20/h10-16H,6-9H2,1-5H3,(H,27,28,29). The Kier molecular flexibility index (Phi) is 4.92. The number of nitrogens with one attached hydrogen (secondary N) is 1. The van der Waals surface area contributed by atoms with Crippen molar-refractivity contribution in [2.45, 2.75) is 72.3 Å². The molecule has 0 saturated heterocycles. The van der Waals surface area contributed by atoms with Crippen LogP contribution >= 0.6 is 0 Å². The minimum Gasteiger partial charge on any atom is -0.336 e. The lowest BCUT2D eigenvalue weighted by atomic mass is 9.91. The van der Waals surface area contributed by atoms with Crippen molar-refractivity contribution >= 4 is 11.2 Å². The van der Waals surface area contributed by atoms with Gasteiger partial charge in [0, 0.05) is 23.5 Å². The van der Waals surface area contributed by atoms with Crippen molar-refractivity contribution in [2.75, 3.05) is 0 Å². The molecule has 0 radical (unpaired) electrons. The topological polar surface area (TPSA) is 59.4 Å². The summed E-state index contributed by atoms with van der Waals surface area (Å²) < 4.78 is 2.07. The molecule has 3 heterocycles. The molecular weight excluding hydrogens is 382 g/mol. The van der Waals surface area contributed by atoms with Gasteiger partial charge in [-0.2, -0.15) is 5.10 Å². The second-order valence-corrected chi connectivity index (χ2v) is 9.29. The van der Waals surface area contributed by atoms with Crippen LogP contribution in [0.4, 0.5) is 0 Å². The zero-order valence-electron chi connectivity index (χ0n) is 19.2. The van der Waals surface area contributed by atoms with Crippen LogP contribution in [0.3, 0.4) is 0 Å². The summed E-state index contributed by atoms with van der Waals surface area (Å²) in [5.41, 5.74) is 10.4. The fourth-order valence-corrected chi connectivity index (χ4v) is 5.17. The molecular formula is C26H31N5. The lowest BCUT2D eigenvalue weighted by Crippen LogP contribution is -2.04. The number of fused-ring (bicyclic) bond motifs is 2. The van der Waals surface area contributed by atoms with Gasteiger partial charge in [-0.25, -0.2) is 9.97 Å². The normalized spacial score (nSPS) is 16.6. The second kappa shape index (κ2) is 7.63. The average Bonchev–Trinajstić information content (AvgIpc) is 3.24. The van der Waals surface area contributed by atoms with E-state index in [2.05, 4.69) is 73.5 Å². The summed E-state index contributed by atoms with van der Waals surface area (Å²) in [4.78, 5) is 13.0. The van der Waals surface area contributed by atoms with Crippen molar-refractivity contribution in [3.05, 3.63) is 53.0 Å². The number of imidazole rings is 1. The minimum atomic E-state index is 0.312. The number of pyridine rings is 1. The van der Waals surface area contributed by atoms with Crippen LogP contribution in [-0.2, 0) is 6.42 Å². The van der Waals surface area contributed by atoms with Crippen molar-refractivity contribution in [2.24, 2.45) is 0 Å². The van der Waals surface area contributed by atoms with Gasteiger partial charge in [0.2, 0.25) is 0 Å². The highest BCUT2D eigenvalue weighted by Crippen LogP contribution is 2.36. The molecule has 1 aliphatic carbocycles. The maximum atomic E-state index is 4.86. The maximum absolute atomic E-state index is 4.86. The van der Waals surface area contributed by atoms with Crippen molar-refractivity contribution < 1.29 is 0 Å². The molecule has 1 aliphatic rings. The molecule has 0 spiro atoms. The number of aromatic amines is 1. The van der Waals surface area contributed by atoms with Crippen LogP contribution in [0.1, 0.15) is 74.5 Å². The second-order valence-electron chi connectivity index (χ2n) is 9.29. The van der Waals surface area contributed by atoms with Gasteiger partial charge in [0.05, 0.1) is 16.8 Å². The Hall–Kier alpha value is -2.95. The molecule has 160 valence electrons. The smallest absolute Gasteiger partial charge is 0.178 e. The molecule has 0 saturated carbocycles. The summed E-state index contributed by atoms with van der Waals surface area (Å²) >= 11 is 0. The van der Waals surface area contributed by atoms with Crippen LogP contribution < -0.4 is 0 Å². The summed E-state index contributed by atoms with van der Waals surface area (Å²) in [7, 11) is 0. The highest BCUT2D eigenvalue weighted by atomic mass is 15.3. The Bertz CT molecular complexity index is 1260. The molecule has 5 rings (SSSR count). The van der Waals surface area contributed by atoms with E-state index in [1.807, 2.05) is 6.20 Å². The molecule has 5 nitrogen and oxygen atoms in total. The number of aryl methyl sites for hydroxylation is 2. The van der Waals surface area contributed by atoms with Crippen LogP contribution in [0.15, 0.2) is 30.5 Å². The number of benzene rings is 1. The van der Waals surface area contributed by atoms with Crippen molar-refractivity contribution in [3.63, 3.8) is 0 Å². The highest BCUT2D eigenvalue weighted by molar-refractivity contribution is 5.91. The quantitative estimate of drug-likeness (QED) is 0.389. The molecule has 0 fully saturated rings. The maximum Gasteiger partial charge on any atom is 0.178 e. The van der Waals surface area contributed by atoms with Gasteiger partial charge in [0.25, 0.3) is 0 Å². The number of hydrogen-bond donors (Lipinski definition) is 1. The first-order valence-corrected chi connectivity index (χ1v) is 11.5. The fourth-order valence-electron chi connectivity index (χ4n) is 5.17. The first kappa shape index (κ1) is 20.0. The number of nitrogens with zero attached hydrogens (tertiary/aromatic N) is 4. The van der Waals surface area contributed by atoms with Gasteiger partial charge in [-0.1, -0.05) is 31.5 Å². The Balaban J connectivity index is 1.63. The van der Waals surface area contributed by atoms with E-state index in [1.54, 1.807) is 0 Å². The zero-order valence-corrected chi connectivity index (χ0v) is 19.2. The third kappa shape index (κ3) is 3.36. The fraction of sp³-hybridized carbons (Fsp3) is 0.423. The van der Waals surface area contributed by atoms with Gasteiger partial charge in [-0.3, -0.25) is 4.68 Å². The van der Waals surface area contributed by atoms with E-state index in [9.17, 15) is 0 Å². The Labute approximate surface area is 183 Å². The molecule has 0 aliphatic heterocycles. The molecule has 0 amide bonds. The lowest BCUT2D eigenvalue weighted by molar-refractivity contribution is 0.516. The third-order valence-electron chi connectivity index (χ3n) is 6.76. The first-order valence-electron chi connectivity index (χ1n) is 11.5. The number of aromatic nitrogens is 5. The molecule has 31 heavy (non-hydrogen) atoms. The summed E-state index contributed by atoms with van der Waals surface area (Å²) in [6.07, 6.45) is 6.92. The Morgan fingerprint density at radius 3 is 2.74 bits per heavy atom. The van der Waals surface area contributed by atoms with Gasteiger partial charge in [-0.15, -0.1) is 0 Å². The van der Waals surface area contributed by atoms with E-state index in [0.29, 0.717) is 12.0 Å². The number of rotatable bonds is 3. The van der Waals surface area contributed by atoms with Crippen LogP contribution in [0.25, 0.3) is 33.7 Å². The Morgan fingerprint density at radius 2 is 1.97 bits per heavy atom. The highest BCUT2D eigenvalue weighted by Gasteiger charge is 2.20. The van der Waals surface area contributed by atoms with Crippen LogP contribution in [0.2, 0.25) is 0 Å². The van der Waals surface area contributed by atoms with Crippen LogP contribution in [0, 0.1) is 13.8 Å². The van der Waals surface area contributed by atoms with Gasteiger partial charge in [0.15, 0.2) is 5.65 Å². The molecule has 5 heteroatoms. The Morgan fingerprint density at radius 1 is 1.13 bits per heavy atom. The predicted octanol–water partition coefficient (Wildman–Crippen LogP) is 6.52. The summed E-state index contributed by atoms with van der Waals surface area (Å²) in [6.45, 7) is 10.8. The SMILES string of the molecule is Cc1nn(C(C)C)c(C)c1-c1nc2nccc(-c3ccc4c(c3)CCCCC4C)c2[nH]1. The van der Waals surface area contributed by atoms with E-state index in [0.717, 1.165) is 39.5 Å². The molecule has 1 atom stereocenters. The first-order chi connectivity index (χ1) is 14.9. The summed E-state index contributed by atoms with van der Waals surface area (Å²) in [5.74, 6) is 1.49. The number of H-pyrrole nitrogens is 1. The average molecular weight is 414 g/mol. The summed E-state index contributed by atoms with van der Waals surface area (Å²) in [6, 6.07) is 9.41. The van der Waals surface area contributed by atoms with Crippen molar-refractivity contribution in [1.82, 2.24) is 24.7 Å². The van der Waals surface area contributed by atoms with E-state index < -0.39 is 0 Å².